The van der Waals surface area contributed by atoms with Crippen LogP contribution in [0.4, 0.5) is 0 Å². The van der Waals surface area contributed by atoms with Gasteiger partial charge in [0.05, 0.1) is 18.4 Å². The Bertz CT molecular complexity index is 869. The van der Waals surface area contributed by atoms with Crippen molar-refractivity contribution in [3.63, 3.8) is 0 Å². The zero-order valence-corrected chi connectivity index (χ0v) is 15.3. The lowest BCUT2D eigenvalue weighted by atomic mass is 10.1. The summed E-state index contributed by atoms with van der Waals surface area (Å²) in [4.78, 5) is 11.9. The molecule has 3 aromatic rings. The fourth-order valence-corrected chi connectivity index (χ4v) is 4.44. The first-order chi connectivity index (χ1) is 12.3. The molecule has 1 saturated heterocycles. The van der Waals surface area contributed by atoms with Gasteiger partial charge in [0, 0.05) is 41.2 Å². The smallest absolute Gasteiger partial charge is 0.0992 e. The van der Waals surface area contributed by atoms with Crippen molar-refractivity contribution < 1.29 is 0 Å². The number of aliphatic imine (C=N–C) groups is 1. The highest BCUT2D eigenvalue weighted by atomic mass is 32.2. The number of amidine groups is 1. The number of hydrogen-bond acceptors (Lipinski definition) is 2. The average molecular weight is 350 g/mol. The fraction of sp³-hybridized carbons (Fsp3) is 0.286. The van der Waals surface area contributed by atoms with E-state index in [2.05, 4.69) is 77.7 Å². The van der Waals surface area contributed by atoms with Crippen LogP contribution in [0.2, 0.25) is 0 Å². The quantitative estimate of drug-likeness (QED) is 0.512. The number of nitrogens with zero attached hydrogens (tertiary/aromatic N) is 2. The topological polar surface area (TPSA) is 31.4 Å². The largest absolute Gasteiger partial charge is 0.360 e. The van der Waals surface area contributed by atoms with Gasteiger partial charge in [0.25, 0.3) is 0 Å². The van der Waals surface area contributed by atoms with E-state index >= 15 is 0 Å². The van der Waals surface area contributed by atoms with Crippen LogP contribution < -0.4 is 0 Å². The molecule has 0 saturated carbocycles. The highest BCUT2D eigenvalue weighted by molar-refractivity contribution is 7.99. The predicted octanol–water partition coefficient (Wildman–Crippen LogP) is 5.13. The Morgan fingerprint density at radius 2 is 1.92 bits per heavy atom. The molecular formula is C21H23N3S. The van der Waals surface area contributed by atoms with Crippen LogP contribution in [0.15, 0.2) is 70.7 Å². The molecule has 1 aromatic heterocycles. The molecule has 2 heterocycles. The van der Waals surface area contributed by atoms with Crippen molar-refractivity contribution in [2.45, 2.75) is 23.8 Å². The molecule has 4 rings (SSSR count). The number of hydrogen-bond donors (Lipinski definition) is 1. The number of aromatic amines is 1. The maximum absolute atomic E-state index is 4.87. The molecule has 1 fully saturated rings. The molecular weight excluding hydrogens is 326 g/mol. The normalized spacial score (nSPS) is 19.2. The van der Waals surface area contributed by atoms with Gasteiger partial charge in [0.15, 0.2) is 0 Å². The molecule has 0 spiro atoms. The van der Waals surface area contributed by atoms with E-state index in [1.54, 1.807) is 0 Å². The Kier molecular flexibility index (Phi) is 4.79. The first kappa shape index (κ1) is 16.3. The van der Waals surface area contributed by atoms with Gasteiger partial charge in [-0.2, -0.15) is 0 Å². The van der Waals surface area contributed by atoms with E-state index in [0.717, 1.165) is 25.1 Å². The summed E-state index contributed by atoms with van der Waals surface area (Å²) in [7, 11) is 2.18. The summed E-state index contributed by atoms with van der Waals surface area (Å²) in [5, 5.41) is 1.31. The number of H-pyrrole nitrogens is 1. The lowest BCUT2D eigenvalue weighted by molar-refractivity contribution is 0.406. The van der Waals surface area contributed by atoms with Gasteiger partial charge in [-0.25, -0.2) is 0 Å². The third kappa shape index (κ3) is 3.45. The molecule has 3 nitrogen and oxygen atoms in total. The predicted molar refractivity (Wildman–Crippen MR) is 108 cm³/mol. The summed E-state index contributed by atoms with van der Waals surface area (Å²) in [5.74, 6) is 2.25. The number of benzene rings is 2. The van der Waals surface area contributed by atoms with Crippen molar-refractivity contribution >= 4 is 28.5 Å². The van der Waals surface area contributed by atoms with Crippen molar-refractivity contribution in [1.29, 1.82) is 0 Å². The van der Waals surface area contributed by atoms with E-state index in [-0.39, 0.29) is 0 Å². The summed E-state index contributed by atoms with van der Waals surface area (Å²) in [6.45, 7) is 0.866. The van der Waals surface area contributed by atoms with E-state index in [1.807, 2.05) is 11.8 Å². The molecule has 0 bridgehead atoms. The minimum Gasteiger partial charge on any atom is -0.360 e. The van der Waals surface area contributed by atoms with Crippen LogP contribution >= 0.6 is 11.8 Å². The van der Waals surface area contributed by atoms with E-state index in [4.69, 9.17) is 4.99 Å². The Hall–Kier alpha value is -2.20. The maximum Gasteiger partial charge on any atom is 0.0992 e. The van der Waals surface area contributed by atoms with Crippen molar-refractivity contribution in [3.8, 4) is 0 Å². The Morgan fingerprint density at radius 3 is 2.80 bits per heavy atom. The molecule has 1 aliphatic rings. The molecule has 1 aliphatic heterocycles. The van der Waals surface area contributed by atoms with Gasteiger partial charge in [0.2, 0.25) is 0 Å². The number of rotatable bonds is 5. The summed E-state index contributed by atoms with van der Waals surface area (Å²) in [5.41, 5.74) is 2.60. The molecule has 1 N–H and O–H groups in total. The molecule has 2 aromatic carbocycles. The van der Waals surface area contributed by atoms with Crippen molar-refractivity contribution in [2.24, 2.45) is 4.99 Å². The van der Waals surface area contributed by atoms with Crippen LogP contribution in [0.3, 0.4) is 0 Å². The lowest BCUT2D eigenvalue weighted by Crippen LogP contribution is -2.23. The van der Waals surface area contributed by atoms with Crippen molar-refractivity contribution in [2.75, 3.05) is 19.3 Å². The Balaban J connectivity index is 1.35. The number of thioether (sulfide) groups is 1. The van der Waals surface area contributed by atoms with Gasteiger partial charge in [-0.15, -0.1) is 11.8 Å². The third-order valence-electron chi connectivity index (χ3n) is 4.89. The average Bonchev–Trinajstić information content (AvgIpc) is 3.23. The van der Waals surface area contributed by atoms with E-state index in [1.165, 1.54) is 27.2 Å². The monoisotopic (exact) mass is 349 g/mol. The SMILES string of the molecule is CN1/C(=N/CCSc2c[nH]c3ccccc23)CCC1c1ccccc1. The summed E-state index contributed by atoms with van der Waals surface area (Å²) in [6, 6.07) is 19.7. The molecule has 0 amide bonds. The highest BCUT2D eigenvalue weighted by Crippen LogP contribution is 2.32. The number of likely N-dealkylation sites (tertiary alicyclic amines) is 1. The molecule has 25 heavy (non-hydrogen) atoms. The maximum atomic E-state index is 4.87. The van der Waals surface area contributed by atoms with Crippen LogP contribution in [0.5, 0.6) is 0 Å². The summed E-state index contributed by atoms with van der Waals surface area (Å²) >= 11 is 1.88. The molecule has 1 unspecified atom stereocenters. The number of para-hydroxylation sites is 1. The minimum atomic E-state index is 0.473. The van der Waals surface area contributed by atoms with Crippen molar-refractivity contribution in [3.05, 3.63) is 66.4 Å². The van der Waals surface area contributed by atoms with Crippen molar-refractivity contribution in [1.82, 2.24) is 9.88 Å². The van der Waals surface area contributed by atoms with Gasteiger partial charge in [-0.3, -0.25) is 4.99 Å². The fourth-order valence-electron chi connectivity index (χ4n) is 3.57. The van der Waals surface area contributed by atoms with Crippen LogP contribution in [0.25, 0.3) is 10.9 Å². The molecule has 128 valence electrons. The van der Waals surface area contributed by atoms with Crippen LogP contribution in [-0.2, 0) is 0 Å². The zero-order chi connectivity index (χ0) is 17.1. The van der Waals surface area contributed by atoms with Crippen LogP contribution in [0.1, 0.15) is 24.4 Å². The highest BCUT2D eigenvalue weighted by Gasteiger charge is 2.26. The standard InChI is InChI=1S/C21H23N3S/c1-24-19(16-7-3-2-4-8-16)11-12-21(24)22-13-14-25-20-15-23-18-10-6-5-9-17(18)20/h2-10,15,19,23H,11-14H2,1H3/b22-21+. The van der Waals surface area contributed by atoms with Crippen LogP contribution in [0, 0.1) is 0 Å². The molecule has 1 atom stereocenters. The number of fused-ring (bicyclic) bond motifs is 1. The third-order valence-corrected chi connectivity index (χ3v) is 5.93. The van der Waals surface area contributed by atoms with Crippen LogP contribution in [-0.4, -0.2) is 35.1 Å². The number of aromatic nitrogens is 1. The minimum absolute atomic E-state index is 0.473. The Morgan fingerprint density at radius 1 is 1.12 bits per heavy atom. The van der Waals surface area contributed by atoms with Gasteiger partial charge < -0.3 is 9.88 Å². The Labute approximate surface area is 153 Å². The first-order valence-corrected chi connectivity index (χ1v) is 9.81. The van der Waals surface area contributed by atoms with E-state index in [0.29, 0.717) is 6.04 Å². The van der Waals surface area contributed by atoms with E-state index < -0.39 is 0 Å². The second-order valence-corrected chi connectivity index (χ2v) is 7.56. The molecule has 0 radical (unpaired) electrons. The first-order valence-electron chi connectivity index (χ1n) is 8.83. The summed E-state index contributed by atoms with van der Waals surface area (Å²) in [6.07, 6.45) is 4.35. The zero-order valence-electron chi connectivity index (χ0n) is 14.5. The lowest BCUT2D eigenvalue weighted by Gasteiger charge is -2.22. The van der Waals surface area contributed by atoms with Gasteiger partial charge in [-0.1, -0.05) is 48.5 Å². The second kappa shape index (κ2) is 7.36. The van der Waals surface area contributed by atoms with E-state index in [9.17, 15) is 0 Å². The van der Waals surface area contributed by atoms with Gasteiger partial charge in [0.1, 0.15) is 0 Å². The molecule has 0 aliphatic carbocycles. The van der Waals surface area contributed by atoms with Gasteiger partial charge >= 0.3 is 0 Å². The molecule has 4 heteroatoms. The van der Waals surface area contributed by atoms with Gasteiger partial charge in [-0.05, 0) is 18.1 Å². The second-order valence-electron chi connectivity index (χ2n) is 6.42. The number of nitrogens with one attached hydrogen (secondary N) is 1. The summed E-state index contributed by atoms with van der Waals surface area (Å²) < 4.78 is 0.